The van der Waals surface area contributed by atoms with E-state index in [1.165, 1.54) is 6.92 Å². The molecule has 0 amide bonds. The van der Waals surface area contributed by atoms with Crippen molar-refractivity contribution >= 4 is 12.3 Å². The maximum atomic E-state index is 10.5. The first-order chi connectivity index (χ1) is 5.13. The molecule has 62 valence electrons. The number of rotatable bonds is 4. The molecule has 0 aliphatic rings. The van der Waals surface area contributed by atoms with E-state index in [2.05, 4.69) is 4.74 Å². The van der Waals surface area contributed by atoms with E-state index in [-0.39, 0.29) is 12.9 Å². The predicted octanol–water partition coefficient (Wildman–Crippen LogP) is -0.606. The largest absolute Gasteiger partial charge is 0.461 e. The summed E-state index contributed by atoms with van der Waals surface area (Å²) in [7, 11) is 0. The molecule has 1 unspecified atom stereocenters. The lowest BCUT2D eigenvalue weighted by atomic mass is 10.3. The highest BCUT2D eigenvalue weighted by atomic mass is 16.6. The van der Waals surface area contributed by atoms with Crippen molar-refractivity contribution in [3.63, 3.8) is 0 Å². The Labute approximate surface area is 62.3 Å². The molecule has 0 aromatic rings. The lowest BCUT2D eigenvalue weighted by Crippen LogP contribution is -2.32. The summed E-state index contributed by atoms with van der Waals surface area (Å²) in [5, 5.41) is 9.92. The molecular formula is C5H7NO5. The van der Waals surface area contributed by atoms with Crippen LogP contribution in [0.15, 0.2) is 0 Å². The Bertz CT molecular complexity index is 178. The smallest absolute Gasteiger partial charge is 0.389 e. The Morgan fingerprint density at radius 1 is 1.82 bits per heavy atom. The molecule has 0 bridgehead atoms. The van der Waals surface area contributed by atoms with Gasteiger partial charge in [-0.3, -0.25) is 14.9 Å². The summed E-state index contributed by atoms with van der Waals surface area (Å²) >= 11 is 0. The van der Waals surface area contributed by atoms with Gasteiger partial charge in [-0.15, -0.1) is 0 Å². The molecule has 0 heterocycles. The molecule has 6 heteroatoms. The van der Waals surface area contributed by atoms with Crippen molar-refractivity contribution in [2.45, 2.75) is 13.0 Å². The lowest BCUT2D eigenvalue weighted by molar-refractivity contribution is -0.494. The SMILES string of the molecule is CCOC(=O)C(C=O)[N+](=O)[O-]. The van der Waals surface area contributed by atoms with Gasteiger partial charge in [-0.2, -0.15) is 0 Å². The fourth-order valence-electron chi connectivity index (χ4n) is 0.419. The average Bonchev–Trinajstić information content (AvgIpc) is 1.88. The Hall–Kier alpha value is -1.46. The molecule has 0 saturated heterocycles. The topological polar surface area (TPSA) is 86.5 Å². The van der Waals surface area contributed by atoms with Gasteiger partial charge in [0.25, 0.3) is 0 Å². The van der Waals surface area contributed by atoms with Gasteiger partial charge >= 0.3 is 12.0 Å². The molecule has 11 heavy (non-hydrogen) atoms. The second kappa shape index (κ2) is 4.37. The zero-order valence-electron chi connectivity index (χ0n) is 5.85. The first-order valence-corrected chi connectivity index (χ1v) is 2.89. The van der Waals surface area contributed by atoms with Gasteiger partial charge in [-0.05, 0) is 6.92 Å². The van der Waals surface area contributed by atoms with Gasteiger partial charge in [0, 0.05) is 4.92 Å². The molecule has 0 aliphatic carbocycles. The number of ether oxygens (including phenoxy) is 1. The number of esters is 1. The Morgan fingerprint density at radius 2 is 2.36 bits per heavy atom. The molecule has 0 saturated carbocycles. The molecule has 0 aromatic heterocycles. The fourth-order valence-corrected chi connectivity index (χ4v) is 0.419. The van der Waals surface area contributed by atoms with E-state index in [0.717, 1.165) is 0 Å². The molecule has 0 N–H and O–H groups in total. The first-order valence-electron chi connectivity index (χ1n) is 2.89. The number of hydrogen-bond donors (Lipinski definition) is 0. The van der Waals surface area contributed by atoms with Gasteiger partial charge in [0.15, 0.2) is 0 Å². The van der Waals surface area contributed by atoms with Gasteiger partial charge in [-0.1, -0.05) is 0 Å². The maximum Gasteiger partial charge on any atom is 0.389 e. The van der Waals surface area contributed by atoms with Crippen molar-refractivity contribution in [3.05, 3.63) is 10.1 Å². The van der Waals surface area contributed by atoms with E-state index in [0.29, 0.717) is 0 Å². The van der Waals surface area contributed by atoms with Gasteiger partial charge in [-0.25, -0.2) is 4.79 Å². The molecule has 1 atom stereocenters. The van der Waals surface area contributed by atoms with E-state index in [4.69, 9.17) is 0 Å². The summed E-state index contributed by atoms with van der Waals surface area (Å²) in [5.74, 6) is -1.12. The second-order valence-electron chi connectivity index (χ2n) is 1.62. The van der Waals surface area contributed by atoms with Crippen molar-refractivity contribution < 1.29 is 19.2 Å². The number of carbonyl (C=O) groups excluding carboxylic acids is 2. The maximum absolute atomic E-state index is 10.5. The third-order valence-corrected chi connectivity index (χ3v) is 0.884. The van der Waals surface area contributed by atoms with Gasteiger partial charge in [0.05, 0.1) is 6.61 Å². The molecule has 0 fully saturated rings. The first kappa shape index (κ1) is 9.54. The fraction of sp³-hybridized carbons (Fsp3) is 0.600. The van der Waals surface area contributed by atoms with E-state index < -0.39 is 16.9 Å². The third-order valence-electron chi connectivity index (χ3n) is 0.884. The van der Waals surface area contributed by atoms with Crippen LogP contribution in [0, 0.1) is 10.1 Å². The molecule has 0 spiro atoms. The molecule has 0 radical (unpaired) electrons. The van der Waals surface area contributed by atoms with Crippen LogP contribution in [-0.2, 0) is 14.3 Å². The number of carbonyl (C=O) groups is 2. The third kappa shape index (κ3) is 2.74. The van der Waals surface area contributed by atoms with Crippen LogP contribution in [0.25, 0.3) is 0 Å². The minimum Gasteiger partial charge on any atom is -0.461 e. The van der Waals surface area contributed by atoms with Crippen LogP contribution in [-0.4, -0.2) is 29.8 Å². The van der Waals surface area contributed by atoms with E-state index >= 15 is 0 Å². The number of aldehydes is 1. The predicted molar refractivity (Wildman–Crippen MR) is 33.5 cm³/mol. The van der Waals surface area contributed by atoms with Crippen LogP contribution >= 0.6 is 0 Å². The summed E-state index contributed by atoms with van der Waals surface area (Å²) in [6.45, 7) is 1.52. The van der Waals surface area contributed by atoms with Crippen LogP contribution in [0.5, 0.6) is 0 Å². The average molecular weight is 161 g/mol. The normalized spacial score (nSPS) is 11.7. The van der Waals surface area contributed by atoms with Gasteiger partial charge in [0.1, 0.15) is 0 Å². The summed E-state index contributed by atoms with van der Waals surface area (Å²) in [6, 6.07) is -1.88. The minimum absolute atomic E-state index is 0.0248. The summed E-state index contributed by atoms with van der Waals surface area (Å²) < 4.78 is 4.24. The van der Waals surface area contributed by atoms with E-state index in [9.17, 15) is 19.7 Å². The molecule has 0 rings (SSSR count). The zero-order valence-corrected chi connectivity index (χ0v) is 5.85. The van der Waals surface area contributed by atoms with E-state index in [1.807, 2.05) is 0 Å². The quantitative estimate of drug-likeness (QED) is 0.180. The molecular weight excluding hydrogens is 154 g/mol. The van der Waals surface area contributed by atoms with Gasteiger partial charge < -0.3 is 4.74 Å². The van der Waals surface area contributed by atoms with Gasteiger partial charge in [0.2, 0.25) is 6.29 Å². The van der Waals surface area contributed by atoms with Crippen LogP contribution in [0.1, 0.15) is 6.92 Å². The van der Waals surface area contributed by atoms with Crippen molar-refractivity contribution in [2.75, 3.05) is 6.61 Å². The van der Waals surface area contributed by atoms with Crippen LogP contribution < -0.4 is 0 Å². The number of hydrogen-bond acceptors (Lipinski definition) is 5. The van der Waals surface area contributed by atoms with Crippen LogP contribution in [0.4, 0.5) is 0 Å². The van der Waals surface area contributed by atoms with E-state index in [1.54, 1.807) is 0 Å². The highest BCUT2D eigenvalue weighted by Gasteiger charge is 2.30. The highest BCUT2D eigenvalue weighted by Crippen LogP contribution is 1.89. The zero-order chi connectivity index (χ0) is 8.85. The monoisotopic (exact) mass is 161 g/mol. The number of nitro groups is 1. The van der Waals surface area contributed by atoms with Crippen molar-refractivity contribution in [1.82, 2.24) is 0 Å². The molecule has 0 aromatic carbocycles. The van der Waals surface area contributed by atoms with Crippen molar-refractivity contribution in [2.24, 2.45) is 0 Å². The minimum atomic E-state index is -1.88. The Morgan fingerprint density at radius 3 is 2.64 bits per heavy atom. The Kier molecular flexibility index (Phi) is 3.79. The number of nitrogens with zero attached hydrogens (tertiary/aromatic N) is 1. The highest BCUT2D eigenvalue weighted by molar-refractivity contribution is 5.90. The van der Waals surface area contributed by atoms with Crippen molar-refractivity contribution in [1.29, 1.82) is 0 Å². The molecule has 6 nitrogen and oxygen atoms in total. The van der Waals surface area contributed by atoms with Crippen LogP contribution in [0.3, 0.4) is 0 Å². The summed E-state index contributed by atoms with van der Waals surface area (Å²) in [6.07, 6.45) is -0.0575. The van der Waals surface area contributed by atoms with Crippen molar-refractivity contribution in [3.8, 4) is 0 Å². The lowest BCUT2D eigenvalue weighted by Gasteiger charge is -2.00. The summed E-state index contributed by atoms with van der Waals surface area (Å²) in [4.78, 5) is 29.4. The molecule has 0 aliphatic heterocycles. The van der Waals surface area contributed by atoms with Crippen LogP contribution in [0.2, 0.25) is 0 Å². The Balaban J connectivity index is 4.14. The standard InChI is InChI=1S/C5H7NO5/c1-2-11-5(8)4(3-7)6(9)10/h3-4H,2H2,1H3. The summed E-state index contributed by atoms with van der Waals surface area (Å²) in [5.41, 5.74) is 0. The second-order valence-corrected chi connectivity index (χ2v) is 1.62.